The minimum Gasteiger partial charge on any atom is -0.288 e. The van der Waals surface area contributed by atoms with Crippen molar-refractivity contribution in [2.75, 3.05) is 0 Å². The second kappa shape index (κ2) is 8.65. The van der Waals surface area contributed by atoms with E-state index in [9.17, 15) is 0 Å². The lowest BCUT2D eigenvalue weighted by atomic mass is 10.1. The Hall–Kier alpha value is -3.13. The van der Waals surface area contributed by atoms with Gasteiger partial charge in [0, 0.05) is 0 Å². The Labute approximate surface area is 149 Å². The highest BCUT2D eigenvalue weighted by Crippen LogP contribution is 2.11. The van der Waals surface area contributed by atoms with Gasteiger partial charge in [-0.25, -0.2) is 0 Å². The van der Waals surface area contributed by atoms with Crippen molar-refractivity contribution in [1.82, 2.24) is 5.01 Å². The number of nitrogens with zero attached hydrogens (tertiary/aromatic N) is 2. The highest BCUT2D eigenvalue weighted by molar-refractivity contribution is 5.79. The summed E-state index contributed by atoms with van der Waals surface area (Å²) in [7, 11) is 0. The smallest absolute Gasteiger partial charge is 0.0614 e. The Kier molecular flexibility index (Phi) is 5.78. The molecule has 0 saturated carbocycles. The first-order valence-corrected chi connectivity index (χ1v) is 8.43. The van der Waals surface area contributed by atoms with Crippen LogP contribution in [0.2, 0.25) is 0 Å². The fourth-order valence-electron chi connectivity index (χ4n) is 2.59. The molecule has 0 aliphatic heterocycles. The second-order valence-corrected chi connectivity index (χ2v) is 5.91. The first-order valence-electron chi connectivity index (χ1n) is 8.43. The summed E-state index contributed by atoms with van der Waals surface area (Å²) in [6, 6.07) is 29.1. The van der Waals surface area contributed by atoms with Crippen molar-refractivity contribution in [3.8, 4) is 0 Å². The number of hydrazone groups is 1. The van der Waals surface area contributed by atoms with E-state index in [0.717, 1.165) is 24.2 Å². The summed E-state index contributed by atoms with van der Waals surface area (Å²) in [4.78, 5) is 0. The van der Waals surface area contributed by atoms with Gasteiger partial charge >= 0.3 is 0 Å². The molecule has 0 aromatic heterocycles. The van der Waals surface area contributed by atoms with E-state index >= 15 is 0 Å². The van der Waals surface area contributed by atoms with Gasteiger partial charge in [0.1, 0.15) is 0 Å². The Morgan fingerprint density at radius 1 is 0.680 bits per heavy atom. The van der Waals surface area contributed by atoms with E-state index in [2.05, 4.69) is 72.3 Å². The van der Waals surface area contributed by atoms with Crippen LogP contribution in [0.25, 0.3) is 6.08 Å². The van der Waals surface area contributed by atoms with Gasteiger partial charge in [0.2, 0.25) is 0 Å². The van der Waals surface area contributed by atoms with E-state index in [0.29, 0.717) is 0 Å². The molecule has 0 spiro atoms. The van der Waals surface area contributed by atoms with Gasteiger partial charge in [-0.3, -0.25) is 5.01 Å². The first-order chi connectivity index (χ1) is 12.3. The highest BCUT2D eigenvalue weighted by atomic mass is 15.4. The van der Waals surface area contributed by atoms with Crippen molar-refractivity contribution >= 4 is 12.3 Å². The average Bonchev–Trinajstić information content (AvgIpc) is 2.68. The summed E-state index contributed by atoms with van der Waals surface area (Å²) in [6.45, 7) is 5.34. The normalized spacial score (nSPS) is 10.7. The van der Waals surface area contributed by atoms with Crippen LogP contribution >= 0.6 is 0 Å². The lowest BCUT2D eigenvalue weighted by molar-refractivity contribution is 0.272. The molecule has 25 heavy (non-hydrogen) atoms. The van der Waals surface area contributed by atoms with Crippen LogP contribution in [-0.4, -0.2) is 11.2 Å². The van der Waals surface area contributed by atoms with Gasteiger partial charge in [0.05, 0.1) is 19.3 Å². The molecule has 0 N–H and O–H groups in total. The van der Waals surface area contributed by atoms with Crippen molar-refractivity contribution in [3.05, 3.63) is 114 Å². The summed E-state index contributed by atoms with van der Waals surface area (Å²) in [5.41, 5.74) is 4.69. The predicted molar refractivity (Wildman–Crippen MR) is 106 cm³/mol. The van der Waals surface area contributed by atoms with E-state index in [-0.39, 0.29) is 0 Å². The Bertz CT molecular complexity index is 764. The van der Waals surface area contributed by atoms with Gasteiger partial charge in [-0.1, -0.05) is 97.6 Å². The number of hydrogen-bond donors (Lipinski definition) is 0. The third kappa shape index (κ3) is 5.18. The summed E-state index contributed by atoms with van der Waals surface area (Å²) in [6.07, 6.45) is 3.76. The largest absolute Gasteiger partial charge is 0.288 e. The van der Waals surface area contributed by atoms with Crippen molar-refractivity contribution < 1.29 is 0 Å². The second-order valence-electron chi connectivity index (χ2n) is 5.91. The molecule has 0 fully saturated rings. The number of rotatable bonds is 7. The highest BCUT2D eigenvalue weighted by Gasteiger charge is 2.04. The summed E-state index contributed by atoms with van der Waals surface area (Å²) >= 11 is 0. The fourth-order valence-corrected chi connectivity index (χ4v) is 2.59. The maximum absolute atomic E-state index is 4.72. The topological polar surface area (TPSA) is 15.6 Å². The zero-order valence-electron chi connectivity index (χ0n) is 14.3. The van der Waals surface area contributed by atoms with E-state index < -0.39 is 0 Å². The molecule has 0 unspecified atom stereocenters. The molecule has 0 aliphatic carbocycles. The third-order valence-corrected chi connectivity index (χ3v) is 3.96. The summed E-state index contributed by atoms with van der Waals surface area (Å²) in [5, 5.41) is 6.81. The van der Waals surface area contributed by atoms with Gasteiger partial charge in [-0.15, -0.1) is 0 Å². The van der Waals surface area contributed by atoms with Crippen molar-refractivity contribution in [1.29, 1.82) is 0 Å². The molecule has 3 aromatic carbocycles. The first kappa shape index (κ1) is 16.7. The van der Waals surface area contributed by atoms with Crippen LogP contribution in [0, 0.1) is 0 Å². The van der Waals surface area contributed by atoms with Crippen molar-refractivity contribution in [2.45, 2.75) is 13.1 Å². The summed E-state index contributed by atoms with van der Waals surface area (Å²) in [5.74, 6) is 0. The standard InChI is InChI=1S/C23H22N2/c1-2-20-13-15-21(16-14-20)17-24-25(18-22-9-5-3-6-10-22)19-23-11-7-4-8-12-23/h2-17H,1,18-19H2. The summed E-state index contributed by atoms with van der Waals surface area (Å²) < 4.78 is 0. The van der Waals surface area contributed by atoms with Crippen molar-refractivity contribution in [3.63, 3.8) is 0 Å². The molecule has 3 rings (SSSR count). The molecule has 0 amide bonds. The lowest BCUT2D eigenvalue weighted by Crippen LogP contribution is -2.17. The van der Waals surface area contributed by atoms with Gasteiger partial charge in [-0.05, 0) is 22.3 Å². The monoisotopic (exact) mass is 326 g/mol. The molecule has 0 atom stereocenters. The van der Waals surface area contributed by atoms with Crippen LogP contribution in [0.1, 0.15) is 22.3 Å². The molecule has 0 saturated heterocycles. The maximum atomic E-state index is 4.72. The van der Waals surface area contributed by atoms with Crippen LogP contribution in [0.4, 0.5) is 0 Å². The fraction of sp³-hybridized carbons (Fsp3) is 0.0870. The quantitative estimate of drug-likeness (QED) is 0.421. The minimum atomic E-state index is 0.775. The zero-order chi connectivity index (χ0) is 17.3. The Morgan fingerprint density at radius 2 is 1.16 bits per heavy atom. The lowest BCUT2D eigenvalue weighted by Gasteiger charge is -2.19. The Morgan fingerprint density at radius 3 is 1.64 bits per heavy atom. The van der Waals surface area contributed by atoms with Gasteiger partial charge in [-0.2, -0.15) is 5.10 Å². The molecule has 0 bridgehead atoms. The van der Waals surface area contributed by atoms with Crippen molar-refractivity contribution in [2.24, 2.45) is 5.10 Å². The van der Waals surface area contributed by atoms with Gasteiger partial charge in [0.15, 0.2) is 0 Å². The molecular formula is C23H22N2. The molecule has 0 heterocycles. The SMILES string of the molecule is C=Cc1ccc(C=NN(Cc2ccccc2)Cc2ccccc2)cc1. The van der Waals surface area contributed by atoms with E-state index in [1.165, 1.54) is 11.1 Å². The number of hydrogen-bond acceptors (Lipinski definition) is 2. The van der Waals surface area contributed by atoms with Crippen LogP contribution in [0.5, 0.6) is 0 Å². The Balaban J connectivity index is 1.76. The molecule has 3 aromatic rings. The predicted octanol–water partition coefficient (Wildman–Crippen LogP) is 5.37. The zero-order valence-corrected chi connectivity index (χ0v) is 14.3. The van der Waals surface area contributed by atoms with E-state index in [4.69, 9.17) is 5.10 Å². The molecule has 2 heteroatoms. The van der Waals surface area contributed by atoms with Crippen LogP contribution in [0.15, 0.2) is 96.6 Å². The van der Waals surface area contributed by atoms with E-state index in [1.54, 1.807) is 0 Å². The minimum absolute atomic E-state index is 0.775. The number of benzene rings is 3. The molecular weight excluding hydrogens is 304 g/mol. The average molecular weight is 326 g/mol. The van der Waals surface area contributed by atoms with Gasteiger partial charge in [0.25, 0.3) is 0 Å². The molecule has 124 valence electrons. The van der Waals surface area contributed by atoms with Gasteiger partial charge < -0.3 is 0 Å². The van der Waals surface area contributed by atoms with Crippen LogP contribution in [0.3, 0.4) is 0 Å². The molecule has 0 radical (unpaired) electrons. The maximum Gasteiger partial charge on any atom is 0.0614 e. The van der Waals surface area contributed by atoms with Crippen LogP contribution < -0.4 is 0 Å². The third-order valence-electron chi connectivity index (χ3n) is 3.96. The van der Waals surface area contributed by atoms with E-state index in [1.807, 2.05) is 36.6 Å². The van der Waals surface area contributed by atoms with Crippen LogP contribution in [-0.2, 0) is 13.1 Å². The molecule has 0 aliphatic rings. The molecule has 2 nitrogen and oxygen atoms in total.